The molecular weight excluding hydrogens is 331 g/mol. The van der Waals surface area contributed by atoms with E-state index in [1.54, 1.807) is 0 Å². The van der Waals surface area contributed by atoms with Crippen molar-refractivity contribution in [2.75, 3.05) is 13.1 Å². The fourth-order valence-electron chi connectivity index (χ4n) is 3.40. The van der Waals surface area contributed by atoms with Gasteiger partial charge in [0.1, 0.15) is 0 Å². The zero-order valence-electron chi connectivity index (χ0n) is 14.2. The molecule has 0 saturated carbocycles. The average molecular weight is 350 g/mol. The highest BCUT2D eigenvalue weighted by Gasteiger charge is 2.27. The van der Waals surface area contributed by atoms with Crippen LogP contribution in [0.2, 0.25) is 0 Å². The number of carbonyl (C=O) groups excluding carboxylic acids is 1. The van der Waals surface area contributed by atoms with Crippen molar-refractivity contribution in [3.63, 3.8) is 0 Å². The summed E-state index contributed by atoms with van der Waals surface area (Å²) in [6.45, 7) is 1.32. The number of pyridine rings is 1. The third-order valence-corrected chi connectivity index (χ3v) is 4.79. The van der Waals surface area contributed by atoms with E-state index in [-0.39, 0.29) is 11.8 Å². The Morgan fingerprint density at radius 1 is 1.19 bits per heavy atom. The van der Waals surface area contributed by atoms with Crippen molar-refractivity contribution in [3.05, 3.63) is 71.9 Å². The number of piperidine rings is 1. The molecule has 1 aliphatic heterocycles. The normalized spacial score (nSPS) is 17.3. The summed E-state index contributed by atoms with van der Waals surface area (Å²) in [6, 6.07) is 14.8. The smallest absolute Gasteiger partial charge is 0.255 e. The van der Waals surface area contributed by atoms with Gasteiger partial charge in [-0.05, 0) is 31.0 Å². The minimum absolute atomic E-state index is 0.106. The molecule has 1 atom stereocenters. The van der Waals surface area contributed by atoms with E-state index in [1.165, 1.54) is 18.3 Å². The second kappa shape index (κ2) is 7.07. The Balaban J connectivity index is 1.49. The predicted molar refractivity (Wildman–Crippen MR) is 96.1 cm³/mol. The van der Waals surface area contributed by atoms with Crippen LogP contribution in [-0.2, 0) is 0 Å². The van der Waals surface area contributed by atoms with Crippen LogP contribution in [0.1, 0.15) is 34.8 Å². The van der Waals surface area contributed by atoms with Gasteiger partial charge in [0.05, 0.1) is 11.3 Å². The van der Waals surface area contributed by atoms with E-state index in [9.17, 15) is 9.18 Å². The van der Waals surface area contributed by atoms with Crippen molar-refractivity contribution in [1.29, 1.82) is 0 Å². The van der Waals surface area contributed by atoms with Gasteiger partial charge in [-0.1, -0.05) is 30.3 Å². The average Bonchev–Trinajstić information content (AvgIpc) is 3.19. The minimum Gasteiger partial charge on any atom is -0.338 e. The Labute approximate surface area is 150 Å². The number of hydrogen-bond acceptors (Lipinski definition) is 3. The largest absolute Gasteiger partial charge is 0.338 e. The van der Waals surface area contributed by atoms with Gasteiger partial charge in [-0.3, -0.25) is 9.89 Å². The number of rotatable bonds is 3. The summed E-state index contributed by atoms with van der Waals surface area (Å²) in [7, 11) is 0. The van der Waals surface area contributed by atoms with Crippen molar-refractivity contribution in [3.8, 4) is 11.3 Å². The highest BCUT2D eigenvalue weighted by molar-refractivity contribution is 5.94. The lowest BCUT2D eigenvalue weighted by molar-refractivity contribution is 0.0705. The van der Waals surface area contributed by atoms with E-state index in [4.69, 9.17) is 0 Å². The number of aromatic nitrogens is 3. The first-order valence-electron chi connectivity index (χ1n) is 8.72. The Bertz CT molecular complexity index is 892. The Kier molecular flexibility index (Phi) is 4.48. The van der Waals surface area contributed by atoms with E-state index in [2.05, 4.69) is 21.2 Å². The Hall–Kier alpha value is -3.02. The van der Waals surface area contributed by atoms with Gasteiger partial charge in [-0.25, -0.2) is 4.98 Å². The van der Waals surface area contributed by atoms with Crippen molar-refractivity contribution in [2.24, 2.45) is 0 Å². The van der Waals surface area contributed by atoms with Crippen LogP contribution >= 0.6 is 0 Å². The zero-order valence-corrected chi connectivity index (χ0v) is 14.2. The molecule has 4 rings (SSSR count). The molecule has 1 aromatic carbocycles. The first-order valence-corrected chi connectivity index (χ1v) is 8.72. The van der Waals surface area contributed by atoms with Crippen LogP contribution in [0.5, 0.6) is 0 Å². The molecule has 3 heterocycles. The van der Waals surface area contributed by atoms with Crippen LogP contribution in [0.4, 0.5) is 4.39 Å². The third-order valence-electron chi connectivity index (χ3n) is 4.79. The lowest BCUT2D eigenvalue weighted by Crippen LogP contribution is -2.39. The quantitative estimate of drug-likeness (QED) is 0.734. The molecule has 0 bridgehead atoms. The molecular formula is C20H19FN4O. The van der Waals surface area contributed by atoms with Crippen molar-refractivity contribution in [2.45, 2.75) is 18.8 Å². The maximum Gasteiger partial charge on any atom is 0.255 e. The number of benzene rings is 1. The first-order chi connectivity index (χ1) is 12.7. The predicted octanol–water partition coefficient (Wildman–Crippen LogP) is 3.63. The summed E-state index contributed by atoms with van der Waals surface area (Å²) in [5.41, 5.74) is 3.43. The number of nitrogens with zero attached hydrogens (tertiary/aromatic N) is 3. The standard InChI is InChI=1S/C20H19FN4O/c21-19-9-8-15(12-22-19)20(26)25-10-4-7-16(13-25)18-11-17(23-24-18)14-5-2-1-3-6-14/h1-3,5-6,8-9,11-12,16H,4,7,10,13H2,(H,23,24)/t16-/m0/s1. The number of likely N-dealkylation sites (tertiary alicyclic amines) is 1. The van der Waals surface area contributed by atoms with Gasteiger partial charge in [0, 0.05) is 36.5 Å². The van der Waals surface area contributed by atoms with Crippen LogP contribution in [0.15, 0.2) is 54.7 Å². The summed E-state index contributed by atoms with van der Waals surface area (Å²) in [4.78, 5) is 18.0. The molecule has 1 amide bonds. The summed E-state index contributed by atoms with van der Waals surface area (Å²) < 4.78 is 13.0. The van der Waals surface area contributed by atoms with E-state index >= 15 is 0 Å². The molecule has 2 aromatic heterocycles. The molecule has 3 aromatic rings. The molecule has 1 aliphatic rings. The number of carbonyl (C=O) groups is 1. The number of nitrogens with one attached hydrogen (secondary N) is 1. The fourth-order valence-corrected chi connectivity index (χ4v) is 3.40. The van der Waals surface area contributed by atoms with Crippen molar-refractivity contribution < 1.29 is 9.18 Å². The minimum atomic E-state index is -0.580. The van der Waals surface area contributed by atoms with Crippen LogP contribution in [0.25, 0.3) is 11.3 Å². The van der Waals surface area contributed by atoms with E-state index in [0.717, 1.165) is 29.8 Å². The lowest BCUT2D eigenvalue weighted by atomic mass is 9.94. The van der Waals surface area contributed by atoms with Gasteiger partial charge >= 0.3 is 0 Å². The van der Waals surface area contributed by atoms with Crippen LogP contribution in [0.3, 0.4) is 0 Å². The van der Waals surface area contributed by atoms with Gasteiger partial charge in [-0.2, -0.15) is 9.49 Å². The first kappa shape index (κ1) is 16.4. The third kappa shape index (κ3) is 3.35. The lowest BCUT2D eigenvalue weighted by Gasteiger charge is -2.32. The van der Waals surface area contributed by atoms with Gasteiger partial charge in [0.2, 0.25) is 5.95 Å². The van der Waals surface area contributed by atoms with E-state index < -0.39 is 5.95 Å². The molecule has 26 heavy (non-hydrogen) atoms. The second-order valence-electron chi connectivity index (χ2n) is 6.53. The van der Waals surface area contributed by atoms with Gasteiger partial charge in [0.15, 0.2) is 0 Å². The molecule has 6 heteroatoms. The molecule has 1 fully saturated rings. The van der Waals surface area contributed by atoms with Crippen LogP contribution in [0, 0.1) is 5.95 Å². The summed E-state index contributed by atoms with van der Waals surface area (Å²) in [5.74, 6) is -0.472. The van der Waals surface area contributed by atoms with Crippen molar-refractivity contribution >= 4 is 5.91 Å². The molecule has 0 aliphatic carbocycles. The molecule has 1 saturated heterocycles. The molecule has 0 spiro atoms. The monoisotopic (exact) mass is 350 g/mol. The van der Waals surface area contributed by atoms with Crippen LogP contribution in [-0.4, -0.2) is 39.1 Å². The molecule has 132 valence electrons. The maximum atomic E-state index is 13.0. The summed E-state index contributed by atoms with van der Waals surface area (Å²) in [5, 5.41) is 7.55. The highest BCUT2D eigenvalue weighted by atomic mass is 19.1. The fraction of sp³-hybridized carbons (Fsp3) is 0.250. The molecule has 5 nitrogen and oxygen atoms in total. The number of aromatic amines is 1. The SMILES string of the molecule is O=C(c1ccc(F)nc1)N1CCC[C@H](c2cc(-c3ccccc3)n[nH]2)C1. The summed E-state index contributed by atoms with van der Waals surface area (Å²) >= 11 is 0. The molecule has 0 unspecified atom stereocenters. The summed E-state index contributed by atoms with van der Waals surface area (Å²) in [6.07, 6.45) is 3.22. The van der Waals surface area contributed by atoms with E-state index in [0.29, 0.717) is 18.7 Å². The van der Waals surface area contributed by atoms with E-state index in [1.807, 2.05) is 35.2 Å². The second-order valence-corrected chi connectivity index (χ2v) is 6.53. The highest BCUT2D eigenvalue weighted by Crippen LogP contribution is 2.29. The van der Waals surface area contributed by atoms with Gasteiger partial charge in [-0.15, -0.1) is 0 Å². The molecule has 1 N–H and O–H groups in total. The maximum absolute atomic E-state index is 13.0. The Morgan fingerprint density at radius 2 is 2.04 bits per heavy atom. The molecule has 0 radical (unpaired) electrons. The number of halogens is 1. The number of amides is 1. The topological polar surface area (TPSA) is 61.9 Å². The zero-order chi connectivity index (χ0) is 17.9. The number of hydrogen-bond donors (Lipinski definition) is 1. The van der Waals surface area contributed by atoms with Gasteiger partial charge < -0.3 is 4.90 Å². The number of H-pyrrole nitrogens is 1. The Morgan fingerprint density at radius 3 is 2.81 bits per heavy atom. The van der Waals surface area contributed by atoms with Gasteiger partial charge in [0.25, 0.3) is 5.91 Å². The van der Waals surface area contributed by atoms with Crippen molar-refractivity contribution in [1.82, 2.24) is 20.1 Å². The van der Waals surface area contributed by atoms with Crippen LogP contribution < -0.4 is 0 Å².